The van der Waals surface area contributed by atoms with Gasteiger partial charge in [0.2, 0.25) is 0 Å². The first-order valence-electron chi connectivity index (χ1n) is 3.38. The van der Waals surface area contributed by atoms with Gasteiger partial charge in [0.05, 0.1) is 5.97 Å². The van der Waals surface area contributed by atoms with E-state index in [0.29, 0.717) is 0 Å². The van der Waals surface area contributed by atoms with Gasteiger partial charge in [-0.3, -0.25) is 0 Å². The molecule has 0 spiro atoms. The summed E-state index contributed by atoms with van der Waals surface area (Å²) in [4.78, 5) is 19.2. The fourth-order valence-electron chi connectivity index (χ4n) is 0. The van der Waals surface area contributed by atoms with E-state index < -0.39 is 24.0 Å². The van der Waals surface area contributed by atoms with Gasteiger partial charge in [-0.25, -0.2) is 4.79 Å². The Morgan fingerprint density at radius 1 is 1.23 bits per heavy atom. The summed E-state index contributed by atoms with van der Waals surface area (Å²) in [5, 5.41) is 17.5. The number of carboxylic acid groups (broad SMARTS) is 2. The van der Waals surface area contributed by atoms with Crippen LogP contribution in [0.1, 0.15) is 13.8 Å². The lowest BCUT2D eigenvalue weighted by Crippen LogP contribution is -3.00. The largest absolute Gasteiger partial charge is 1.00 e. The van der Waals surface area contributed by atoms with Gasteiger partial charge in [0.25, 0.3) is 0 Å². The number of hydrogen-bond donors (Lipinski definition) is 3. The van der Waals surface area contributed by atoms with E-state index in [-0.39, 0.29) is 17.0 Å². The Labute approximate surface area is 86.7 Å². The quantitative estimate of drug-likeness (QED) is 0.454. The number of carbonyl (C=O) groups excluding carboxylic acids is 1. The van der Waals surface area contributed by atoms with Crippen LogP contribution in [0.3, 0.4) is 0 Å². The maximum absolute atomic E-state index is 9.64. The molecule has 0 aliphatic rings. The van der Waals surface area contributed by atoms with Crippen LogP contribution in [0.25, 0.3) is 0 Å². The van der Waals surface area contributed by atoms with Crippen molar-refractivity contribution < 1.29 is 48.3 Å². The van der Waals surface area contributed by atoms with E-state index in [9.17, 15) is 14.7 Å². The first-order chi connectivity index (χ1) is 5.29. The van der Waals surface area contributed by atoms with Crippen molar-refractivity contribution in [2.75, 3.05) is 0 Å². The number of quaternary nitrogens is 2. The van der Waals surface area contributed by atoms with Crippen LogP contribution in [0.4, 0.5) is 0 Å². The molecule has 0 radical (unpaired) electrons. The van der Waals surface area contributed by atoms with Crippen molar-refractivity contribution in [3.8, 4) is 0 Å². The molecule has 7 N–H and O–H groups in total. The van der Waals surface area contributed by atoms with E-state index in [1.807, 2.05) is 0 Å². The van der Waals surface area contributed by atoms with E-state index >= 15 is 0 Å². The molecule has 0 amide bonds. The molecule has 0 saturated carbocycles. The maximum atomic E-state index is 9.64. The standard InChI is InChI=1S/2C3H7NO2.BrH/c2*1-2(4)3(5)6;/h2*2H,4H2,1H3,(H,5,6);1H/t2*2-;/m11./s1. The number of halogens is 1. The van der Waals surface area contributed by atoms with Gasteiger partial charge in [-0.2, -0.15) is 0 Å². The molecule has 6 nitrogen and oxygen atoms in total. The van der Waals surface area contributed by atoms with Crippen LogP contribution in [-0.2, 0) is 9.59 Å². The third-order valence-electron chi connectivity index (χ3n) is 0.824. The molecule has 0 rings (SSSR count). The maximum Gasteiger partial charge on any atom is 0.362 e. The number of carbonyl (C=O) groups is 2. The molecule has 0 aromatic carbocycles. The lowest BCUT2D eigenvalue weighted by atomic mass is 10.4. The normalized spacial score (nSPS) is 12.6. The molecule has 0 aliphatic carbocycles. The highest BCUT2D eigenvalue weighted by Crippen LogP contribution is 1.64. The number of carboxylic acids is 2. The van der Waals surface area contributed by atoms with Crippen LogP contribution >= 0.6 is 0 Å². The summed E-state index contributed by atoms with van der Waals surface area (Å²) >= 11 is 0. The Hall–Kier alpha value is -0.660. The minimum absolute atomic E-state index is 0. The van der Waals surface area contributed by atoms with Crippen molar-refractivity contribution in [2.45, 2.75) is 25.9 Å². The second-order valence-electron chi connectivity index (χ2n) is 2.46. The predicted octanol–water partition coefficient (Wildman–Crippen LogP) is -6.93. The average Bonchev–Trinajstić information content (AvgIpc) is 1.88. The van der Waals surface area contributed by atoms with Gasteiger partial charge >= 0.3 is 5.97 Å². The molecule has 13 heavy (non-hydrogen) atoms. The Bertz CT molecular complexity index is 143. The van der Waals surface area contributed by atoms with Crippen molar-refractivity contribution >= 4 is 11.9 Å². The fraction of sp³-hybridized carbons (Fsp3) is 0.667. The lowest BCUT2D eigenvalue weighted by Gasteiger charge is -1.97. The summed E-state index contributed by atoms with van der Waals surface area (Å²) in [6.45, 7) is 3.00. The lowest BCUT2D eigenvalue weighted by molar-refractivity contribution is -0.432. The van der Waals surface area contributed by atoms with E-state index in [0.717, 1.165) is 0 Å². The Morgan fingerprint density at radius 3 is 1.38 bits per heavy atom. The Balaban J connectivity index is -0.000000143. The highest BCUT2D eigenvalue weighted by atomic mass is 79.9. The van der Waals surface area contributed by atoms with Crippen molar-refractivity contribution in [2.24, 2.45) is 0 Å². The minimum Gasteiger partial charge on any atom is -1.00 e. The van der Waals surface area contributed by atoms with Crippen LogP contribution < -0.4 is 33.6 Å². The third-order valence-corrected chi connectivity index (χ3v) is 0.824. The summed E-state index contributed by atoms with van der Waals surface area (Å²) in [5.74, 6) is -1.95. The highest BCUT2D eigenvalue weighted by molar-refractivity contribution is 5.70. The summed E-state index contributed by atoms with van der Waals surface area (Å²) in [6.07, 6.45) is 0. The monoisotopic (exact) mass is 258 g/mol. The minimum atomic E-state index is -1.10. The van der Waals surface area contributed by atoms with Gasteiger partial charge < -0.3 is 43.5 Å². The van der Waals surface area contributed by atoms with Crippen LogP contribution in [0.2, 0.25) is 0 Å². The van der Waals surface area contributed by atoms with Crippen LogP contribution in [0.15, 0.2) is 0 Å². The summed E-state index contributed by atoms with van der Waals surface area (Å²) in [5.41, 5.74) is 6.41. The second-order valence-corrected chi connectivity index (χ2v) is 2.46. The summed E-state index contributed by atoms with van der Waals surface area (Å²) in [7, 11) is 0. The van der Waals surface area contributed by atoms with E-state index in [4.69, 9.17) is 5.11 Å². The molecule has 2 atom stereocenters. The van der Waals surface area contributed by atoms with Gasteiger partial charge in [0.15, 0.2) is 6.04 Å². The van der Waals surface area contributed by atoms with E-state index in [2.05, 4.69) is 11.5 Å². The molecule has 0 aromatic rings. The molecule has 0 unspecified atom stereocenters. The topological polar surface area (TPSA) is 133 Å². The average molecular weight is 259 g/mol. The van der Waals surface area contributed by atoms with Crippen LogP contribution in [0, 0.1) is 0 Å². The number of hydrogen-bond acceptors (Lipinski definition) is 3. The fourth-order valence-corrected chi connectivity index (χ4v) is 0. The molecule has 80 valence electrons. The first kappa shape index (κ1) is 18.2. The third kappa shape index (κ3) is 18.4. The van der Waals surface area contributed by atoms with Crippen LogP contribution in [-0.4, -0.2) is 29.1 Å². The smallest absolute Gasteiger partial charge is 0.362 e. The summed E-state index contributed by atoms with van der Waals surface area (Å²) < 4.78 is 0. The van der Waals surface area contributed by atoms with Crippen molar-refractivity contribution in [3.63, 3.8) is 0 Å². The molecule has 0 saturated heterocycles. The Kier molecular flexibility index (Phi) is 13.2. The van der Waals surface area contributed by atoms with Crippen molar-refractivity contribution in [1.29, 1.82) is 0 Å². The van der Waals surface area contributed by atoms with Gasteiger partial charge in [0.1, 0.15) is 6.04 Å². The van der Waals surface area contributed by atoms with Gasteiger partial charge in [0, 0.05) is 0 Å². The van der Waals surface area contributed by atoms with Crippen molar-refractivity contribution in [3.05, 3.63) is 0 Å². The molecule has 0 fully saturated rings. The predicted molar refractivity (Wildman–Crippen MR) is 37.3 cm³/mol. The number of aliphatic carboxylic acids is 2. The van der Waals surface area contributed by atoms with Gasteiger partial charge in [-0.15, -0.1) is 0 Å². The molecule has 0 aromatic heterocycles. The Morgan fingerprint density at radius 2 is 1.38 bits per heavy atom. The van der Waals surface area contributed by atoms with Gasteiger partial charge in [-0.1, -0.05) is 0 Å². The zero-order chi connectivity index (χ0) is 10.3. The second kappa shape index (κ2) is 9.43. The van der Waals surface area contributed by atoms with E-state index in [1.54, 1.807) is 0 Å². The molecule has 0 heterocycles. The molecule has 7 heteroatoms. The highest BCUT2D eigenvalue weighted by Gasteiger charge is 2.04. The molecular weight excluding hydrogens is 244 g/mol. The zero-order valence-corrected chi connectivity index (χ0v) is 9.20. The first-order valence-corrected chi connectivity index (χ1v) is 3.38. The van der Waals surface area contributed by atoms with Crippen LogP contribution in [0.5, 0.6) is 0 Å². The SMILES string of the molecule is C[C@@H]([NH3+])C(=O)O.C[C@@H]([NH3+])C(=O)[O-].[Br-]. The molecule has 0 aliphatic heterocycles. The number of rotatable bonds is 2. The molecular formula is C6H15BrN2O4. The molecule has 0 bridgehead atoms. The van der Waals surface area contributed by atoms with Gasteiger partial charge in [-0.05, 0) is 13.8 Å². The van der Waals surface area contributed by atoms with E-state index in [1.165, 1.54) is 13.8 Å². The summed E-state index contributed by atoms with van der Waals surface area (Å²) in [6, 6.07) is -1.07. The zero-order valence-electron chi connectivity index (χ0n) is 7.62. The van der Waals surface area contributed by atoms with Crippen molar-refractivity contribution in [1.82, 2.24) is 0 Å².